The molecular formula is C25H21F2N5O4. The van der Waals surface area contributed by atoms with Crippen molar-refractivity contribution in [3.05, 3.63) is 65.6 Å². The molecule has 2 aromatic carbocycles. The summed E-state index contributed by atoms with van der Waals surface area (Å²) in [5, 5.41) is 22.4. The van der Waals surface area contributed by atoms with Crippen LogP contribution in [0, 0.1) is 23.0 Å². The molecule has 0 aliphatic heterocycles. The predicted molar refractivity (Wildman–Crippen MR) is 127 cm³/mol. The summed E-state index contributed by atoms with van der Waals surface area (Å²) in [6, 6.07) is 10.5. The van der Waals surface area contributed by atoms with Crippen LogP contribution in [0.4, 0.5) is 14.6 Å². The summed E-state index contributed by atoms with van der Waals surface area (Å²) in [7, 11) is 1.47. The number of carbonyl (C=O) groups is 1. The van der Waals surface area contributed by atoms with E-state index in [0.29, 0.717) is 17.0 Å². The number of carboxylic acid groups (broad SMARTS) is 1. The van der Waals surface area contributed by atoms with Crippen molar-refractivity contribution in [3.8, 4) is 28.8 Å². The van der Waals surface area contributed by atoms with Gasteiger partial charge in [0.2, 0.25) is 0 Å². The number of anilines is 1. The smallest absolute Gasteiger partial charge is 0.339 e. The van der Waals surface area contributed by atoms with Gasteiger partial charge >= 0.3 is 5.97 Å². The average Bonchev–Trinajstić information content (AvgIpc) is 3.25. The van der Waals surface area contributed by atoms with Crippen molar-refractivity contribution in [2.75, 3.05) is 25.6 Å². The number of carboxylic acids is 1. The van der Waals surface area contributed by atoms with Crippen LogP contribution in [0.15, 0.2) is 42.7 Å². The van der Waals surface area contributed by atoms with Crippen LogP contribution in [0.5, 0.6) is 11.5 Å². The fourth-order valence-corrected chi connectivity index (χ4v) is 3.92. The zero-order valence-electron chi connectivity index (χ0n) is 19.4. The van der Waals surface area contributed by atoms with Gasteiger partial charge in [0, 0.05) is 30.1 Å². The quantitative estimate of drug-likeness (QED) is 0.350. The second-order valence-corrected chi connectivity index (χ2v) is 7.56. The van der Waals surface area contributed by atoms with Gasteiger partial charge in [-0.25, -0.2) is 23.5 Å². The van der Waals surface area contributed by atoms with Gasteiger partial charge in [-0.2, -0.15) is 5.26 Å². The third kappa shape index (κ3) is 4.48. The van der Waals surface area contributed by atoms with Gasteiger partial charge in [0.15, 0.2) is 11.6 Å². The second-order valence-electron chi connectivity index (χ2n) is 7.56. The van der Waals surface area contributed by atoms with Crippen molar-refractivity contribution >= 4 is 22.7 Å². The van der Waals surface area contributed by atoms with Crippen LogP contribution in [0.1, 0.15) is 23.0 Å². The van der Waals surface area contributed by atoms with Gasteiger partial charge in [-0.05, 0) is 37.3 Å². The average molecular weight is 493 g/mol. The molecule has 2 aromatic heterocycles. The van der Waals surface area contributed by atoms with Gasteiger partial charge < -0.3 is 24.5 Å². The number of aromatic nitrogens is 3. The molecule has 9 nitrogen and oxygen atoms in total. The standard InChI is InChI=1S/C25H21F2N5O4/c1-3-36-24-16(25(33)34)5-4-15(22(24)27)19-11-21(31-13-30-19)29-8-9-32-14(12-28)10-17-20(35-2)7-6-18(26)23(17)32/h4-7,10-11,13H,3,8-9H2,1-2H3,(H,33,34)(H,29,30,31). The zero-order valence-corrected chi connectivity index (χ0v) is 19.4. The first-order valence-corrected chi connectivity index (χ1v) is 10.9. The number of benzene rings is 2. The zero-order chi connectivity index (χ0) is 25.8. The van der Waals surface area contributed by atoms with Crippen LogP contribution in [-0.4, -0.2) is 45.9 Å². The lowest BCUT2D eigenvalue weighted by molar-refractivity contribution is 0.0691. The molecule has 0 spiro atoms. The number of nitrogens with zero attached hydrogens (tertiary/aromatic N) is 4. The fourth-order valence-electron chi connectivity index (χ4n) is 3.92. The molecule has 0 unspecified atom stereocenters. The van der Waals surface area contributed by atoms with E-state index in [2.05, 4.69) is 21.4 Å². The van der Waals surface area contributed by atoms with Crippen LogP contribution < -0.4 is 14.8 Å². The maximum atomic E-state index is 15.1. The number of fused-ring (bicyclic) bond motifs is 1. The highest BCUT2D eigenvalue weighted by Gasteiger charge is 2.21. The molecule has 0 saturated carbocycles. The highest BCUT2D eigenvalue weighted by atomic mass is 19.1. The molecule has 184 valence electrons. The van der Waals surface area contributed by atoms with Gasteiger partial charge in [0.05, 0.1) is 24.9 Å². The molecule has 4 rings (SSSR count). The fraction of sp³-hybridized carbons (Fsp3) is 0.200. The highest BCUT2D eigenvalue weighted by Crippen LogP contribution is 2.33. The van der Waals surface area contributed by atoms with Gasteiger partial charge in [-0.3, -0.25) is 0 Å². The minimum Gasteiger partial charge on any atom is -0.496 e. The molecule has 0 atom stereocenters. The Balaban J connectivity index is 1.59. The molecule has 2 N–H and O–H groups in total. The largest absolute Gasteiger partial charge is 0.496 e. The SMILES string of the molecule is CCOc1c(C(=O)O)ccc(-c2cc(NCCn3c(C#N)cc4c(OC)ccc(F)c43)ncn2)c1F. The van der Waals surface area contributed by atoms with Crippen molar-refractivity contribution in [2.45, 2.75) is 13.5 Å². The maximum Gasteiger partial charge on any atom is 0.339 e. The van der Waals surface area contributed by atoms with E-state index in [-0.39, 0.29) is 53.5 Å². The summed E-state index contributed by atoms with van der Waals surface area (Å²) in [5.74, 6) is -2.19. The molecule has 0 aliphatic rings. The van der Waals surface area contributed by atoms with Gasteiger partial charge in [0.25, 0.3) is 0 Å². The third-order valence-electron chi connectivity index (χ3n) is 5.50. The summed E-state index contributed by atoms with van der Waals surface area (Å²) in [6.45, 7) is 2.20. The molecular weight excluding hydrogens is 472 g/mol. The normalized spacial score (nSPS) is 10.8. The molecule has 0 fully saturated rings. The summed E-state index contributed by atoms with van der Waals surface area (Å²) in [5.41, 5.74) is 0.485. The van der Waals surface area contributed by atoms with Crippen LogP contribution in [-0.2, 0) is 6.54 Å². The van der Waals surface area contributed by atoms with Crippen LogP contribution in [0.25, 0.3) is 22.2 Å². The minimum atomic E-state index is -1.31. The van der Waals surface area contributed by atoms with Crippen LogP contribution >= 0.6 is 0 Å². The van der Waals surface area contributed by atoms with Crippen molar-refractivity contribution in [3.63, 3.8) is 0 Å². The van der Waals surface area contributed by atoms with Crippen molar-refractivity contribution in [1.29, 1.82) is 5.26 Å². The van der Waals surface area contributed by atoms with E-state index in [1.807, 2.05) is 0 Å². The Hall–Kier alpha value is -4.72. The van der Waals surface area contributed by atoms with Crippen molar-refractivity contribution in [1.82, 2.24) is 14.5 Å². The second kappa shape index (κ2) is 10.3. The first kappa shape index (κ1) is 24.4. The van der Waals surface area contributed by atoms with E-state index in [1.165, 1.54) is 43.8 Å². The van der Waals surface area contributed by atoms with Crippen LogP contribution in [0.3, 0.4) is 0 Å². The summed E-state index contributed by atoms with van der Waals surface area (Å²) >= 11 is 0. The molecule has 11 heteroatoms. The number of hydrogen-bond acceptors (Lipinski definition) is 7. The molecule has 0 amide bonds. The predicted octanol–water partition coefficient (Wildman–Crippen LogP) is 4.47. The van der Waals surface area contributed by atoms with Gasteiger partial charge in [-0.15, -0.1) is 0 Å². The first-order valence-electron chi connectivity index (χ1n) is 10.9. The van der Waals surface area contributed by atoms with E-state index in [9.17, 15) is 19.6 Å². The molecule has 4 aromatic rings. The maximum absolute atomic E-state index is 15.1. The third-order valence-corrected chi connectivity index (χ3v) is 5.50. The molecule has 0 saturated heterocycles. The van der Waals surface area contributed by atoms with Crippen molar-refractivity contribution < 1.29 is 28.2 Å². The summed E-state index contributed by atoms with van der Waals surface area (Å²) < 4.78 is 41.8. The topological polar surface area (TPSA) is 122 Å². The Morgan fingerprint density at radius 1 is 1.22 bits per heavy atom. The van der Waals surface area contributed by atoms with E-state index in [4.69, 9.17) is 9.47 Å². The summed E-state index contributed by atoms with van der Waals surface area (Å²) in [6.07, 6.45) is 1.23. The minimum absolute atomic E-state index is 0.0474. The van der Waals surface area contributed by atoms with Crippen molar-refractivity contribution in [2.24, 2.45) is 0 Å². The summed E-state index contributed by atoms with van der Waals surface area (Å²) in [4.78, 5) is 19.6. The Labute approximate surface area is 204 Å². The Kier molecular flexibility index (Phi) is 6.96. The lowest BCUT2D eigenvalue weighted by Gasteiger charge is -2.13. The number of aromatic carboxylic acids is 1. The number of rotatable bonds is 9. The number of ether oxygens (including phenoxy) is 2. The van der Waals surface area contributed by atoms with E-state index in [1.54, 1.807) is 17.6 Å². The molecule has 0 aliphatic carbocycles. The van der Waals surface area contributed by atoms with Gasteiger partial charge in [-0.1, -0.05) is 0 Å². The number of nitrogens with one attached hydrogen (secondary N) is 1. The number of nitriles is 1. The molecule has 0 bridgehead atoms. The van der Waals surface area contributed by atoms with E-state index < -0.39 is 17.6 Å². The lowest BCUT2D eigenvalue weighted by Crippen LogP contribution is -2.13. The Morgan fingerprint density at radius 2 is 2.03 bits per heavy atom. The molecule has 36 heavy (non-hydrogen) atoms. The molecule has 0 radical (unpaired) electrons. The van der Waals surface area contributed by atoms with E-state index >= 15 is 4.39 Å². The molecule has 2 heterocycles. The van der Waals surface area contributed by atoms with E-state index in [0.717, 1.165) is 0 Å². The van der Waals surface area contributed by atoms with Gasteiger partial charge in [0.1, 0.15) is 41.0 Å². The Morgan fingerprint density at radius 3 is 2.72 bits per heavy atom. The van der Waals surface area contributed by atoms with Crippen LogP contribution in [0.2, 0.25) is 0 Å². The number of halogens is 2. The number of methoxy groups -OCH3 is 1. The monoisotopic (exact) mass is 493 g/mol. The lowest BCUT2D eigenvalue weighted by atomic mass is 10.1. The Bertz CT molecular complexity index is 1500. The first-order chi connectivity index (χ1) is 17.4. The number of hydrogen-bond donors (Lipinski definition) is 2. The highest BCUT2D eigenvalue weighted by molar-refractivity contribution is 5.92.